The Hall–Kier alpha value is -1.43. The van der Waals surface area contributed by atoms with E-state index in [1.807, 2.05) is 6.92 Å². The highest BCUT2D eigenvalue weighted by Gasteiger charge is 2.37. The maximum atomic E-state index is 11.6. The van der Waals surface area contributed by atoms with Gasteiger partial charge in [0.15, 0.2) is 0 Å². The van der Waals surface area contributed by atoms with Crippen LogP contribution in [0.4, 0.5) is 0 Å². The largest absolute Gasteiger partial charge is 0.368 e. The second kappa shape index (κ2) is 5.07. The first-order valence-electron chi connectivity index (χ1n) is 5.40. The molecule has 0 aromatic carbocycles. The number of nitrogens with two attached hydrogens (primary N) is 1. The summed E-state index contributed by atoms with van der Waals surface area (Å²) in [6.07, 6.45) is 1.04. The predicted octanol–water partition coefficient (Wildman–Crippen LogP) is -1.01. The lowest BCUT2D eigenvalue weighted by Gasteiger charge is -2.37. The number of carbonyl (C=O) groups excluding carboxylic acids is 3. The van der Waals surface area contributed by atoms with E-state index in [0.29, 0.717) is 12.8 Å². The number of nitrogens with one attached hydrogen (secondary N) is 1. The van der Waals surface area contributed by atoms with Crippen LogP contribution in [0.25, 0.3) is 0 Å². The second-order valence-corrected chi connectivity index (χ2v) is 3.84. The van der Waals surface area contributed by atoms with E-state index in [0.717, 1.165) is 0 Å². The van der Waals surface area contributed by atoms with Crippen LogP contribution in [-0.2, 0) is 14.4 Å². The van der Waals surface area contributed by atoms with E-state index in [9.17, 15) is 14.4 Å². The summed E-state index contributed by atoms with van der Waals surface area (Å²) in [6, 6.07) is -1.00. The first-order chi connectivity index (χ1) is 7.51. The third-order valence-corrected chi connectivity index (χ3v) is 2.79. The molecule has 0 aromatic heterocycles. The fraction of sp³-hybridized carbons (Fsp3) is 0.700. The summed E-state index contributed by atoms with van der Waals surface area (Å²) in [5.41, 5.74) is 5.26. The van der Waals surface area contributed by atoms with Gasteiger partial charge in [0, 0.05) is 0 Å². The predicted molar refractivity (Wildman–Crippen MR) is 57.2 cm³/mol. The van der Waals surface area contributed by atoms with Gasteiger partial charge >= 0.3 is 0 Å². The number of amides is 3. The van der Waals surface area contributed by atoms with E-state index >= 15 is 0 Å². The quantitative estimate of drug-likeness (QED) is 0.602. The Morgan fingerprint density at radius 2 is 2.19 bits per heavy atom. The minimum absolute atomic E-state index is 0.0473. The van der Waals surface area contributed by atoms with Crippen LogP contribution in [0.15, 0.2) is 0 Å². The van der Waals surface area contributed by atoms with Gasteiger partial charge in [-0.25, -0.2) is 0 Å². The Bertz CT molecular complexity index is 310. The molecule has 1 rings (SSSR count). The van der Waals surface area contributed by atoms with Gasteiger partial charge in [-0.2, -0.15) is 0 Å². The Kier molecular flexibility index (Phi) is 4.00. The van der Waals surface area contributed by atoms with Crippen LogP contribution in [-0.4, -0.2) is 41.2 Å². The summed E-state index contributed by atoms with van der Waals surface area (Å²) in [7, 11) is 0. The lowest BCUT2D eigenvalue weighted by molar-refractivity contribution is -0.143. The van der Waals surface area contributed by atoms with Gasteiger partial charge in [-0.05, 0) is 12.8 Å². The molecule has 3 amide bonds. The molecule has 6 nitrogen and oxygen atoms in total. The van der Waals surface area contributed by atoms with E-state index in [4.69, 9.17) is 5.73 Å². The summed E-state index contributed by atoms with van der Waals surface area (Å²) in [5.74, 6) is -1.23. The van der Waals surface area contributed by atoms with Crippen molar-refractivity contribution in [3.05, 3.63) is 0 Å². The highest BCUT2D eigenvalue weighted by molar-refractivity contribution is 6.01. The number of hydrogen-bond acceptors (Lipinski definition) is 4. The zero-order valence-corrected chi connectivity index (χ0v) is 9.53. The number of carbonyl (C=O) groups is 3. The summed E-state index contributed by atoms with van der Waals surface area (Å²) < 4.78 is 0. The summed E-state index contributed by atoms with van der Waals surface area (Å²) >= 11 is 0. The van der Waals surface area contributed by atoms with E-state index < -0.39 is 18.0 Å². The van der Waals surface area contributed by atoms with Gasteiger partial charge in [-0.1, -0.05) is 13.8 Å². The maximum Gasteiger partial charge on any atom is 0.243 e. The number of piperazine rings is 1. The van der Waals surface area contributed by atoms with Crippen molar-refractivity contribution in [3.8, 4) is 0 Å². The van der Waals surface area contributed by atoms with Gasteiger partial charge in [-0.3, -0.25) is 24.6 Å². The molecule has 2 unspecified atom stereocenters. The van der Waals surface area contributed by atoms with Crippen LogP contribution in [0.1, 0.15) is 26.7 Å². The molecule has 1 heterocycles. The van der Waals surface area contributed by atoms with Crippen molar-refractivity contribution in [1.82, 2.24) is 10.2 Å². The molecule has 2 atom stereocenters. The molecule has 6 heteroatoms. The SMILES string of the molecule is CCC(C(N)=O)N1CC(=O)NC(=O)C1CC. The molecule has 0 bridgehead atoms. The molecule has 0 saturated carbocycles. The minimum Gasteiger partial charge on any atom is -0.368 e. The Balaban J connectivity index is 2.92. The normalized spacial score (nSPS) is 24.0. The summed E-state index contributed by atoms with van der Waals surface area (Å²) in [5, 5.41) is 2.26. The van der Waals surface area contributed by atoms with Gasteiger partial charge in [0.1, 0.15) is 0 Å². The van der Waals surface area contributed by atoms with Crippen molar-refractivity contribution < 1.29 is 14.4 Å². The molecule has 3 N–H and O–H groups in total. The molecule has 1 saturated heterocycles. The van der Waals surface area contributed by atoms with Crippen LogP contribution < -0.4 is 11.1 Å². The Morgan fingerprint density at radius 1 is 1.56 bits per heavy atom. The standard InChI is InChI=1S/C10H17N3O3/c1-3-6(9(11)15)13-5-8(14)12-10(16)7(13)4-2/h6-7H,3-5H2,1-2H3,(H2,11,15)(H,12,14,16). The fourth-order valence-electron chi connectivity index (χ4n) is 2.03. The van der Waals surface area contributed by atoms with E-state index in [1.54, 1.807) is 11.8 Å². The molecule has 0 aromatic rings. The molecule has 1 aliphatic heterocycles. The zero-order valence-electron chi connectivity index (χ0n) is 9.53. The van der Waals surface area contributed by atoms with Crippen LogP contribution in [0.5, 0.6) is 0 Å². The lowest BCUT2D eigenvalue weighted by atomic mass is 10.0. The lowest BCUT2D eigenvalue weighted by Crippen LogP contribution is -2.62. The zero-order chi connectivity index (χ0) is 12.3. The van der Waals surface area contributed by atoms with Crippen molar-refractivity contribution in [2.75, 3.05) is 6.54 Å². The topological polar surface area (TPSA) is 92.5 Å². The molecule has 0 spiro atoms. The Labute approximate surface area is 94.2 Å². The van der Waals surface area contributed by atoms with Crippen molar-refractivity contribution in [1.29, 1.82) is 0 Å². The smallest absolute Gasteiger partial charge is 0.243 e. The van der Waals surface area contributed by atoms with Crippen molar-refractivity contribution >= 4 is 17.7 Å². The molecular formula is C10H17N3O3. The third-order valence-electron chi connectivity index (χ3n) is 2.79. The van der Waals surface area contributed by atoms with Gasteiger partial charge < -0.3 is 5.73 Å². The van der Waals surface area contributed by atoms with E-state index in [-0.39, 0.29) is 18.4 Å². The molecule has 1 fully saturated rings. The number of hydrogen-bond donors (Lipinski definition) is 2. The van der Waals surface area contributed by atoms with Gasteiger partial charge in [0.25, 0.3) is 0 Å². The number of primary amides is 1. The van der Waals surface area contributed by atoms with Crippen molar-refractivity contribution in [3.63, 3.8) is 0 Å². The molecule has 0 aliphatic carbocycles. The minimum atomic E-state index is -0.556. The third kappa shape index (κ3) is 2.38. The van der Waals surface area contributed by atoms with E-state index in [2.05, 4.69) is 5.32 Å². The number of rotatable bonds is 4. The monoisotopic (exact) mass is 227 g/mol. The average molecular weight is 227 g/mol. The molecular weight excluding hydrogens is 210 g/mol. The molecule has 90 valence electrons. The number of nitrogens with zero attached hydrogens (tertiary/aromatic N) is 1. The van der Waals surface area contributed by atoms with Gasteiger partial charge in [0.05, 0.1) is 18.6 Å². The van der Waals surface area contributed by atoms with Crippen LogP contribution >= 0.6 is 0 Å². The molecule has 16 heavy (non-hydrogen) atoms. The average Bonchev–Trinajstić information content (AvgIpc) is 2.17. The molecule has 1 aliphatic rings. The highest BCUT2D eigenvalue weighted by atomic mass is 16.2. The summed E-state index contributed by atoms with van der Waals surface area (Å²) in [6.45, 7) is 3.69. The molecule has 0 radical (unpaired) electrons. The number of imide groups is 1. The second-order valence-electron chi connectivity index (χ2n) is 3.84. The fourth-order valence-corrected chi connectivity index (χ4v) is 2.03. The van der Waals surface area contributed by atoms with E-state index in [1.165, 1.54) is 0 Å². The summed E-state index contributed by atoms with van der Waals surface area (Å²) in [4.78, 5) is 35.7. The maximum absolute atomic E-state index is 11.6. The highest BCUT2D eigenvalue weighted by Crippen LogP contribution is 2.15. The van der Waals surface area contributed by atoms with Crippen LogP contribution in [0.2, 0.25) is 0 Å². The first kappa shape index (κ1) is 12.6. The van der Waals surface area contributed by atoms with Crippen molar-refractivity contribution in [2.24, 2.45) is 5.73 Å². The van der Waals surface area contributed by atoms with Crippen LogP contribution in [0, 0.1) is 0 Å². The first-order valence-corrected chi connectivity index (χ1v) is 5.40. The van der Waals surface area contributed by atoms with Gasteiger partial charge in [0.2, 0.25) is 17.7 Å². The Morgan fingerprint density at radius 3 is 2.62 bits per heavy atom. The van der Waals surface area contributed by atoms with Crippen LogP contribution in [0.3, 0.4) is 0 Å². The van der Waals surface area contributed by atoms with Gasteiger partial charge in [-0.15, -0.1) is 0 Å². The van der Waals surface area contributed by atoms with Crippen molar-refractivity contribution in [2.45, 2.75) is 38.8 Å².